The van der Waals surface area contributed by atoms with Gasteiger partial charge in [-0.1, -0.05) is 135 Å². The Balaban J connectivity index is 1.62. The Morgan fingerprint density at radius 3 is 1.93 bits per heavy atom. The average molecular weight is 559 g/mol. The van der Waals surface area contributed by atoms with Crippen LogP contribution in [0.1, 0.15) is 47.2 Å². The van der Waals surface area contributed by atoms with Crippen molar-refractivity contribution >= 4 is 33.5 Å². The molecule has 0 unspecified atom stereocenters. The number of para-hydroxylation sites is 1. The lowest BCUT2D eigenvalue weighted by atomic mass is 9.63. The largest absolute Gasteiger partial charge is 0.455 e. The molecule has 42 heavy (non-hydrogen) atoms. The Labute approximate surface area is 250 Å². The molecule has 2 aliphatic carbocycles. The van der Waals surface area contributed by atoms with Crippen molar-refractivity contribution in [2.45, 2.75) is 24.7 Å². The van der Waals surface area contributed by atoms with Crippen molar-refractivity contribution in [3.8, 4) is 22.3 Å². The SMILES string of the molecule is CC1(C)c2cc(Cl)ccc2-c2c1c1c(c3c2oc2ccccc23)-c2ccccc2C1(c1ccccc1)c1ccccc1. The molecule has 6 aromatic carbocycles. The van der Waals surface area contributed by atoms with Crippen LogP contribution in [0.2, 0.25) is 5.02 Å². The van der Waals surface area contributed by atoms with Gasteiger partial charge in [0.1, 0.15) is 11.2 Å². The maximum Gasteiger partial charge on any atom is 0.144 e. The smallest absolute Gasteiger partial charge is 0.144 e. The first-order valence-corrected chi connectivity index (χ1v) is 14.9. The first-order valence-electron chi connectivity index (χ1n) is 14.6. The summed E-state index contributed by atoms with van der Waals surface area (Å²) in [5.74, 6) is 0. The zero-order valence-corrected chi connectivity index (χ0v) is 24.2. The van der Waals surface area contributed by atoms with E-state index in [1.807, 2.05) is 6.07 Å². The molecule has 0 bridgehead atoms. The molecule has 0 fully saturated rings. The third kappa shape index (κ3) is 2.80. The second-order valence-electron chi connectivity index (χ2n) is 12.1. The molecule has 7 aromatic rings. The standard InChI is InChI=1S/C40H27ClO/c1-39(2)31-23-26(41)21-22-28(31)35-36(39)37-33(34-29-18-10-12-20-32(29)42-38(34)35)27-17-9-11-19-30(27)40(37,24-13-5-3-6-14-24)25-15-7-4-8-16-25/h3-23H,1-2H3. The fourth-order valence-electron chi connectivity index (χ4n) is 8.18. The fraction of sp³-hybridized carbons (Fsp3) is 0.100. The topological polar surface area (TPSA) is 13.1 Å². The van der Waals surface area contributed by atoms with Gasteiger partial charge in [0.2, 0.25) is 0 Å². The fourth-order valence-corrected chi connectivity index (χ4v) is 8.35. The first-order chi connectivity index (χ1) is 20.5. The van der Waals surface area contributed by atoms with Gasteiger partial charge >= 0.3 is 0 Å². The van der Waals surface area contributed by atoms with E-state index >= 15 is 0 Å². The van der Waals surface area contributed by atoms with Crippen LogP contribution in [0.25, 0.3) is 44.2 Å². The summed E-state index contributed by atoms with van der Waals surface area (Å²) in [6.07, 6.45) is 0. The van der Waals surface area contributed by atoms with Crippen LogP contribution in [0.4, 0.5) is 0 Å². The van der Waals surface area contributed by atoms with E-state index in [2.05, 4.69) is 135 Å². The van der Waals surface area contributed by atoms with E-state index in [0.29, 0.717) is 0 Å². The summed E-state index contributed by atoms with van der Waals surface area (Å²) >= 11 is 6.69. The summed E-state index contributed by atoms with van der Waals surface area (Å²) in [5, 5.41) is 3.10. The van der Waals surface area contributed by atoms with Crippen molar-refractivity contribution in [2.24, 2.45) is 0 Å². The van der Waals surface area contributed by atoms with E-state index in [-0.39, 0.29) is 5.41 Å². The molecule has 0 amide bonds. The van der Waals surface area contributed by atoms with E-state index in [0.717, 1.165) is 21.6 Å². The van der Waals surface area contributed by atoms with E-state index in [9.17, 15) is 0 Å². The molecular formula is C40H27ClO. The predicted octanol–water partition coefficient (Wildman–Crippen LogP) is 10.9. The van der Waals surface area contributed by atoms with Gasteiger partial charge in [-0.25, -0.2) is 0 Å². The molecule has 2 heteroatoms. The highest BCUT2D eigenvalue weighted by atomic mass is 35.5. The summed E-state index contributed by atoms with van der Waals surface area (Å²) in [6, 6.07) is 46.0. The van der Waals surface area contributed by atoms with Gasteiger partial charge < -0.3 is 4.42 Å². The van der Waals surface area contributed by atoms with Gasteiger partial charge in [0.15, 0.2) is 0 Å². The molecule has 9 rings (SSSR count). The lowest BCUT2D eigenvalue weighted by Crippen LogP contribution is -2.32. The summed E-state index contributed by atoms with van der Waals surface area (Å²) < 4.78 is 6.86. The third-order valence-corrected chi connectivity index (χ3v) is 10.00. The van der Waals surface area contributed by atoms with Crippen molar-refractivity contribution in [2.75, 3.05) is 0 Å². The Kier molecular flexibility index (Phi) is 4.72. The highest BCUT2D eigenvalue weighted by Crippen LogP contribution is 2.66. The molecule has 2 aliphatic rings. The molecule has 0 saturated carbocycles. The molecule has 200 valence electrons. The first kappa shape index (κ1) is 24.1. The quantitative estimate of drug-likeness (QED) is 0.206. The number of hydrogen-bond donors (Lipinski definition) is 0. The molecular weight excluding hydrogens is 532 g/mol. The minimum absolute atomic E-state index is 0.316. The lowest BCUT2D eigenvalue weighted by molar-refractivity contribution is 0.630. The van der Waals surface area contributed by atoms with Crippen LogP contribution in [0.15, 0.2) is 132 Å². The van der Waals surface area contributed by atoms with Gasteiger partial charge in [-0.2, -0.15) is 0 Å². The predicted molar refractivity (Wildman–Crippen MR) is 174 cm³/mol. The second kappa shape index (κ2) is 8.25. The maximum absolute atomic E-state index is 6.86. The number of hydrogen-bond acceptors (Lipinski definition) is 1. The Morgan fingerprint density at radius 1 is 0.571 bits per heavy atom. The van der Waals surface area contributed by atoms with Crippen LogP contribution in [0.3, 0.4) is 0 Å². The number of rotatable bonds is 2. The third-order valence-electron chi connectivity index (χ3n) is 9.76. The molecule has 1 aromatic heterocycles. The van der Waals surface area contributed by atoms with E-state index in [4.69, 9.17) is 16.0 Å². The minimum atomic E-state index is -0.520. The van der Waals surface area contributed by atoms with Crippen LogP contribution in [-0.2, 0) is 10.8 Å². The van der Waals surface area contributed by atoms with Gasteiger partial charge in [-0.05, 0) is 68.3 Å². The van der Waals surface area contributed by atoms with Crippen LogP contribution >= 0.6 is 11.6 Å². The van der Waals surface area contributed by atoms with E-state index in [1.165, 1.54) is 61.0 Å². The zero-order chi connectivity index (χ0) is 28.2. The van der Waals surface area contributed by atoms with Crippen molar-refractivity contribution in [3.05, 3.63) is 166 Å². The molecule has 0 saturated heterocycles. The molecule has 0 atom stereocenters. The van der Waals surface area contributed by atoms with Crippen LogP contribution < -0.4 is 0 Å². The maximum atomic E-state index is 6.86. The van der Waals surface area contributed by atoms with Gasteiger partial charge in [-0.3, -0.25) is 0 Å². The monoisotopic (exact) mass is 558 g/mol. The average Bonchev–Trinajstić information content (AvgIpc) is 3.62. The minimum Gasteiger partial charge on any atom is -0.455 e. The van der Waals surface area contributed by atoms with Crippen LogP contribution in [-0.4, -0.2) is 0 Å². The summed E-state index contributed by atoms with van der Waals surface area (Å²) in [6.45, 7) is 4.71. The van der Waals surface area contributed by atoms with Crippen LogP contribution in [0, 0.1) is 0 Å². The molecule has 1 heterocycles. The molecule has 1 nitrogen and oxygen atoms in total. The number of halogens is 1. The second-order valence-corrected chi connectivity index (χ2v) is 12.6. The van der Waals surface area contributed by atoms with Crippen molar-refractivity contribution in [1.82, 2.24) is 0 Å². The van der Waals surface area contributed by atoms with Crippen LogP contribution in [0.5, 0.6) is 0 Å². The Hall–Kier alpha value is -4.59. The number of furan rings is 1. The summed E-state index contributed by atoms with van der Waals surface area (Å²) in [4.78, 5) is 0. The molecule has 0 N–H and O–H groups in total. The Morgan fingerprint density at radius 2 is 1.19 bits per heavy atom. The van der Waals surface area contributed by atoms with E-state index < -0.39 is 5.41 Å². The highest BCUT2D eigenvalue weighted by molar-refractivity contribution is 6.31. The van der Waals surface area contributed by atoms with Crippen molar-refractivity contribution < 1.29 is 4.42 Å². The summed E-state index contributed by atoms with van der Waals surface area (Å²) in [7, 11) is 0. The molecule has 0 aliphatic heterocycles. The van der Waals surface area contributed by atoms with Crippen molar-refractivity contribution in [1.29, 1.82) is 0 Å². The number of benzene rings is 6. The van der Waals surface area contributed by atoms with Crippen molar-refractivity contribution in [3.63, 3.8) is 0 Å². The normalized spacial score (nSPS) is 15.4. The summed E-state index contributed by atoms with van der Waals surface area (Å²) in [5.41, 5.74) is 13.8. The van der Waals surface area contributed by atoms with Gasteiger partial charge in [0.25, 0.3) is 0 Å². The highest BCUT2D eigenvalue weighted by Gasteiger charge is 2.53. The Bertz CT molecular complexity index is 2180. The molecule has 0 radical (unpaired) electrons. The van der Waals surface area contributed by atoms with E-state index in [1.54, 1.807) is 0 Å². The lowest BCUT2D eigenvalue weighted by Gasteiger charge is -2.37. The van der Waals surface area contributed by atoms with Gasteiger partial charge in [0.05, 0.1) is 5.41 Å². The molecule has 0 spiro atoms. The van der Waals surface area contributed by atoms with Gasteiger partial charge in [0, 0.05) is 26.8 Å². The number of fused-ring (bicyclic) bond motifs is 12. The van der Waals surface area contributed by atoms with Gasteiger partial charge in [-0.15, -0.1) is 0 Å². The zero-order valence-electron chi connectivity index (χ0n) is 23.4.